The smallest absolute Gasteiger partial charge is 0.334 e. The average Bonchev–Trinajstić information content (AvgIpc) is 3.33. The summed E-state index contributed by atoms with van der Waals surface area (Å²) in [5.74, 6) is -0.0859. The second-order valence-corrected chi connectivity index (χ2v) is 20.0. The normalized spacial score (nSPS) is 21.6. The van der Waals surface area contributed by atoms with E-state index in [1.807, 2.05) is 0 Å². The number of fused-ring (bicyclic) bond motifs is 1. The number of imide groups is 1. The quantitative estimate of drug-likeness (QED) is 0.312. The zero-order valence-electron chi connectivity index (χ0n) is 22.1. The van der Waals surface area contributed by atoms with E-state index in [9.17, 15) is 14.4 Å². The van der Waals surface area contributed by atoms with E-state index < -0.39 is 17.1 Å². The van der Waals surface area contributed by atoms with Crippen LogP contribution in [0.4, 0.5) is 0 Å². The Morgan fingerprint density at radius 1 is 0.882 bits per heavy atom. The lowest BCUT2D eigenvalue weighted by Crippen LogP contribution is -2.60. The van der Waals surface area contributed by atoms with Crippen molar-refractivity contribution in [1.29, 1.82) is 0 Å². The fourth-order valence-electron chi connectivity index (χ4n) is 5.65. The summed E-state index contributed by atoms with van der Waals surface area (Å²) in [4.78, 5) is 38.9. The van der Waals surface area contributed by atoms with Gasteiger partial charge in [0.2, 0.25) is 0 Å². The standard InChI is InChI=1S/C26H43NO5Si2/c1-17(2)33(30,18(3)4)32-34(19(5)6,20(7)8)31-16-21-13-14-22(15-21)27-25(28)23-11-9-10-12-24(23)26(27)29/h9-12,17-22,30H,13-16H2,1-8H3. The summed E-state index contributed by atoms with van der Waals surface area (Å²) in [5.41, 5.74) is 1.56. The van der Waals surface area contributed by atoms with E-state index in [4.69, 9.17) is 8.54 Å². The third-order valence-corrected chi connectivity index (χ3v) is 17.6. The van der Waals surface area contributed by atoms with Crippen molar-refractivity contribution < 1.29 is 22.9 Å². The molecule has 0 radical (unpaired) electrons. The minimum Gasteiger partial charge on any atom is -0.414 e. The number of nitrogens with zero attached hydrogens (tertiary/aromatic N) is 1. The lowest BCUT2D eigenvalue weighted by molar-refractivity contribution is 0.0580. The van der Waals surface area contributed by atoms with E-state index in [-0.39, 0.29) is 45.9 Å². The van der Waals surface area contributed by atoms with Gasteiger partial charge in [-0.1, -0.05) is 67.5 Å². The van der Waals surface area contributed by atoms with E-state index in [0.29, 0.717) is 17.7 Å². The Bertz CT molecular complexity index is 850. The number of benzene rings is 1. The number of carbonyl (C=O) groups is 2. The molecule has 2 aliphatic rings. The van der Waals surface area contributed by atoms with Crippen molar-refractivity contribution in [2.45, 2.75) is 103 Å². The molecule has 0 aromatic heterocycles. The van der Waals surface area contributed by atoms with Crippen molar-refractivity contribution >= 4 is 28.9 Å². The maximum Gasteiger partial charge on any atom is 0.334 e. The average molecular weight is 506 g/mol. The van der Waals surface area contributed by atoms with Crippen molar-refractivity contribution in [1.82, 2.24) is 4.90 Å². The summed E-state index contributed by atoms with van der Waals surface area (Å²) >= 11 is 0. The highest BCUT2D eigenvalue weighted by Crippen LogP contribution is 2.43. The van der Waals surface area contributed by atoms with Crippen LogP contribution in [0.3, 0.4) is 0 Å². The third kappa shape index (κ3) is 4.84. The molecule has 0 bridgehead atoms. The number of amides is 2. The fraction of sp³-hybridized carbons (Fsp3) is 0.692. The molecule has 0 spiro atoms. The molecule has 6 nitrogen and oxygen atoms in total. The van der Waals surface area contributed by atoms with E-state index in [2.05, 4.69) is 55.4 Å². The molecule has 1 saturated carbocycles. The molecule has 1 heterocycles. The molecule has 3 rings (SSSR count). The van der Waals surface area contributed by atoms with Gasteiger partial charge in [-0.2, -0.15) is 0 Å². The van der Waals surface area contributed by atoms with Gasteiger partial charge in [-0.3, -0.25) is 14.5 Å². The van der Waals surface area contributed by atoms with E-state index in [1.54, 1.807) is 24.3 Å². The van der Waals surface area contributed by atoms with Crippen LogP contribution in [0, 0.1) is 5.92 Å². The molecule has 1 aliphatic heterocycles. The predicted octanol–water partition coefficient (Wildman–Crippen LogP) is 6.00. The van der Waals surface area contributed by atoms with Gasteiger partial charge in [0, 0.05) is 12.6 Å². The Balaban J connectivity index is 1.72. The van der Waals surface area contributed by atoms with Crippen LogP contribution in [0.25, 0.3) is 0 Å². The first-order valence-electron chi connectivity index (χ1n) is 12.9. The largest absolute Gasteiger partial charge is 0.414 e. The van der Waals surface area contributed by atoms with Crippen LogP contribution in [-0.4, -0.2) is 51.3 Å². The second-order valence-electron chi connectivity index (χ2n) is 11.4. The van der Waals surface area contributed by atoms with Gasteiger partial charge in [-0.15, -0.1) is 0 Å². The van der Waals surface area contributed by atoms with Crippen LogP contribution in [0.2, 0.25) is 22.2 Å². The maximum atomic E-state index is 12.9. The van der Waals surface area contributed by atoms with Crippen LogP contribution in [0.5, 0.6) is 0 Å². The van der Waals surface area contributed by atoms with Gasteiger partial charge in [-0.05, 0) is 59.5 Å². The minimum atomic E-state index is -2.99. The zero-order valence-corrected chi connectivity index (χ0v) is 24.1. The molecule has 2 unspecified atom stereocenters. The van der Waals surface area contributed by atoms with E-state index in [1.165, 1.54) is 4.90 Å². The van der Waals surface area contributed by atoms with Crippen molar-refractivity contribution in [3.63, 3.8) is 0 Å². The van der Waals surface area contributed by atoms with Crippen molar-refractivity contribution in [3.8, 4) is 0 Å². The Hall–Kier alpha value is -1.33. The number of rotatable bonds is 10. The summed E-state index contributed by atoms with van der Waals surface area (Å²) in [6.45, 7) is 17.4. The van der Waals surface area contributed by atoms with Gasteiger partial charge in [0.15, 0.2) is 0 Å². The molecule has 2 atom stereocenters. The lowest BCUT2D eigenvalue weighted by Gasteiger charge is -2.46. The van der Waals surface area contributed by atoms with Crippen molar-refractivity contribution in [3.05, 3.63) is 35.4 Å². The molecule has 1 fully saturated rings. The molecule has 190 valence electrons. The van der Waals surface area contributed by atoms with Gasteiger partial charge in [0.25, 0.3) is 11.8 Å². The zero-order chi connectivity index (χ0) is 25.4. The SMILES string of the molecule is CC(C)[Si](O)(O[Si](OCC1CCC(N2C(=O)c3ccccc3C2=O)C1)(C(C)C)C(C)C)C(C)C. The van der Waals surface area contributed by atoms with Crippen LogP contribution in [-0.2, 0) is 8.54 Å². The summed E-state index contributed by atoms with van der Waals surface area (Å²) in [7, 11) is -5.74. The lowest BCUT2D eigenvalue weighted by atomic mass is 10.1. The molecule has 1 N–H and O–H groups in total. The van der Waals surface area contributed by atoms with Gasteiger partial charge < -0.3 is 13.3 Å². The summed E-state index contributed by atoms with van der Waals surface area (Å²) in [6.07, 6.45) is 2.46. The second kappa shape index (κ2) is 10.3. The number of hydrogen-bond acceptors (Lipinski definition) is 5. The molecule has 2 amide bonds. The Labute approximate surface area is 207 Å². The number of hydrogen-bond donors (Lipinski definition) is 1. The topological polar surface area (TPSA) is 76.1 Å². The summed E-state index contributed by atoms with van der Waals surface area (Å²) < 4.78 is 13.6. The van der Waals surface area contributed by atoms with Crippen LogP contribution < -0.4 is 0 Å². The Morgan fingerprint density at radius 2 is 1.38 bits per heavy atom. The van der Waals surface area contributed by atoms with Gasteiger partial charge in [0.05, 0.1) is 11.1 Å². The van der Waals surface area contributed by atoms with Crippen LogP contribution in [0.15, 0.2) is 24.3 Å². The third-order valence-electron chi connectivity index (χ3n) is 7.84. The van der Waals surface area contributed by atoms with E-state index >= 15 is 0 Å². The first kappa shape index (κ1) is 27.3. The molecule has 1 aromatic carbocycles. The van der Waals surface area contributed by atoms with Crippen molar-refractivity contribution in [2.75, 3.05) is 6.61 Å². The van der Waals surface area contributed by atoms with Crippen LogP contribution in [0.1, 0.15) is 95.4 Å². The molecule has 34 heavy (non-hydrogen) atoms. The van der Waals surface area contributed by atoms with Crippen LogP contribution >= 0.6 is 0 Å². The van der Waals surface area contributed by atoms with Gasteiger partial charge >= 0.3 is 17.1 Å². The Morgan fingerprint density at radius 3 is 1.82 bits per heavy atom. The molecule has 1 aromatic rings. The molecule has 0 saturated heterocycles. The first-order chi connectivity index (χ1) is 15.8. The summed E-state index contributed by atoms with van der Waals surface area (Å²) in [5, 5.41) is 0. The van der Waals surface area contributed by atoms with Crippen molar-refractivity contribution in [2.24, 2.45) is 5.92 Å². The molecular weight excluding hydrogens is 462 g/mol. The number of carbonyl (C=O) groups excluding carboxylic acids is 2. The highest BCUT2D eigenvalue weighted by atomic mass is 28.5. The maximum absolute atomic E-state index is 12.9. The van der Waals surface area contributed by atoms with E-state index in [0.717, 1.165) is 19.3 Å². The first-order valence-corrected chi connectivity index (χ1v) is 16.9. The monoisotopic (exact) mass is 505 g/mol. The predicted molar refractivity (Wildman–Crippen MR) is 139 cm³/mol. The van der Waals surface area contributed by atoms with Gasteiger partial charge in [-0.25, -0.2) is 0 Å². The highest BCUT2D eigenvalue weighted by molar-refractivity contribution is 6.83. The molecule has 8 heteroatoms. The fourth-order valence-corrected chi connectivity index (χ4v) is 15.5. The van der Waals surface area contributed by atoms with Gasteiger partial charge in [0.1, 0.15) is 0 Å². The minimum absolute atomic E-state index is 0.0742. The highest BCUT2D eigenvalue weighted by Gasteiger charge is 2.55. The molecular formula is C26H43NO5Si2. The Kier molecular flexibility index (Phi) is 8.30. The summed E-state index contributed by atoms with van der Waals surface area (Å²) in [6, 6.07) is 7.00. The molecule has 1 aliphatic carbocycles.